The molecule has 0 saturated carbocycles. The van der Waals surface area contributed by atoms with Gasteiger partial charge in [-0.25, -0.2) is 4.79 Å². The third-order valence-corrected chi connectivity index (χ3v) is 5.16. The van der Waals surface area contributed by atoms with Crippen LogP contribution in [0.4, 0.5) is 5.69 Å². The molecule has 2 heterocycles. The summed E-state index contributed by atoms with van der Waals surface area (Å²) >= 11 is 0. The van der Waals surface area contributed by atoms with Gasteiger partial charge in [-0.3, -0.25) is 9.59 Å². The lowest BCUT2D eigenvalue weighted by Crippen LogP contribution is -2.49. The zero-order valence-corrected chi connectivity index (χ0v) is 14.8. The summed E-state index contributed by atoms with van der Waals surface area (Å²) in [5, 5.41) is 9.16. The van der Waals surface area contributed by atoms with Gasteiger partial charge in [-0.1, -0.05) is 18.2 Å². The van der Waals surface area contributed by atoms with E-state index in [2.05, 4.69) is 17.0 Å². The summed E-state index contributed by atoms with van der Waals surface area (Å²) in [6.45, 7) is 3.31. The quantitative estimate of drug-likeness (QED) is 0.854. The van der Waals surface area contributed by atoms with Crippen molar-refractivity contribution in [1.82, 2.24) is 9.80 Å². The van der Waals surface area contributed by atoms with Gasteiger partial charge in [0.25, 0.3) is 0 Å². The molecular weight excluding hydrogens is 334 g/mol. The average Bonchev–Trinajstić information content (AvgIpc) is 3.17. The molecule has 1 atom stereocenters. The summed E-state index contributed by atoms with van der Waals surface area (Å²) in [4.78, 5) is 41.3. The third kappa shape index (κ3) is 4.15. The molecule has 1 aromatic carbocycles. The summed E-state index contributed by atoms with van der Waals surface area (Å²) in [6, 6.07) is 9.38. The number of carbonyl (C=O) groups excluding carboxylic acids is 2. The van der Waals surface area contributed by atoms with Crippen LogP contribution in [0.3, 0.4) is 0 Å². The van der Waals surface area contributed by atoms with Crippen molar-refractivity contribution in [2.45, 2.75) is 31.7 Å². The van der Waals surface area contributed by atoms with Crippen LogP contribution < -0.4 is 4.90 Å². The fourth-order valence-corrected chi connectivity index (χ4v) is 3.69. The Morgan fingerprint density at radius 3 is 2.23 bits per heavy atom. The number of carbonyl (C=O) groups is 3. The summed E-state index contributed by atoms with van der Waals surface area (Å²) < 4.78 is 0. The number of piperazine rings is 1. The highest BCUT2D eigenvalue weighted by molar-refractivity contribution is 5.87. The van der Waals surface area contributed by atoms with Gasteiger partial charge in [-0.15, -0.1) is 0 Å². The molecule has 2 aliphatic rings. The number of amides is 2. The molecule has 7 nitrogen and oxygen atoms in total. The van der Waals surface area contributed by atoms with E-state index in [0.29, 0.717) is 32.5 Å². The highest BCUT2D eigenvalue weighted by Crippen LogP contribution is 2.20. The molecule has 3 rings (SSSR count). The first-order valence-electron chi connectivity index (χ1n) is 9.16. The molecule has 0 bridgehead atoms. The summed E-state index contributed by atoms with van der Waals surface area (Å²) in [7, 11) is 0. The molecule has 0 radical (unpaired) electrons. The molecule has 7 heteroatoms. The van der Waals surface area contributed by atoms with Crippen LogP contribution in [0.5, 0.6) is 0 Å². The highest BCUT2D eigenvalue weighted by atomic mass is 16.4. The van der Waals surface area contributed by atoms with Gasteiger partial charge in [-0.05, 0) is 25.0 Å². The first kappa shape index (κ1) is 18.2. The first-order chi connectivity index (χ1) is 12.6. The summed E-state index contributed by atoms with van der Waals surface area (Å²) in [5.74, 6) is -1.22. The number of carboxylic acid groups (broad SMARTS) is 1. The smallest absolute Gasteiger partial charge is 0.326 e. The second-order valence-electron chi connectivity index (χ2n) is 6.79. The predicted molar refractivity (Wildman–Crippen MR) is 96.8 cm³/mol. The van der Waals surface area contributed by atoms with Gasteiger partial charge >= 0.3 is 5.97 Å². The van der Waals surface area contributed by atoms with Gasteiger partial charge in [-0.2, -0.15) is 0 Å². The fourth-order valence-electron chi connectivity index (χ4n) is 3.69. The maximum atomic E-state index is 12.4. The minimum Gasteiger partial charge on any atom is -0.480 e. The lowest BCUT2D eigenvalue weighted by molar-refractivity contribution is -0.148. The molecule has 2 amide bonds. The number of aliphatic carboxylic acids is 1. The third-order valence-electron chi connectivity index (χ3n) is 5.16. The summed E-state index contributed by atoms with van der Waals surface area (Å²) in [6.07, 6.45) is 1.43. The number of hydrogen-bond donors (Lipinski definition) is 1. The topological polar surface area (TPSA) is 81.2 Å². The second-order valence-corrected chi connectivity index (χ2v) is 6.79. The van der Waals surface area contributed by atoms with Crippen molar-refractivity contribution in [3.05, 3.63) is 30.3 Å². The number of likely N-dealkylation sites (tertiary alicyclic amines) is 1. The van der Waals surface area contributed by atoms with Crippen LogP contribution in [-0.4, -0.2) is 71.5 Å². The van der Waals surface area contributed by atoms with E-state index in [0.717, 1.165) is 18.8 Å². The van der Waals surface area contributed by atoms with E-state index in [-0.39, 0.29) is 24.7 Å². The fraction of sp³-hybridized carbons (Fsp3) is 0.526. The van der Waals surface area contributed by atoms with Crippen LogP contribution in [0, 0.1) is 0 Å². The van der Waals surface area contributed by atoms with E-state index >= 15 is 0 Å². The Kier molecular flexibility index (Phi) is 5.75. The van der Waals surface area contributed by atoms with Crippen molar-refractivity contribution in [2.75, 3.05) is 37.6 Å². The van der Waals surface area contributed by atoms with Crippen LogP contribution in [-0.2, 0) is 14.4 Å². The second kappa shape index (κ2) is 8.21. The van der Waals surface area contributed by atoms with Gasteiger partial charge in [0.05, 0.1) is 0 Å². The monoisotopic (exact) mass is 359 g/mol. The number of nitrogens with zero attached hydrogens (tertiary/aromatic N) is 3. The van der Waals surface area contributed by atoms with Gasteiger partial charge in [0, 0.05) is 51.3 Å². The Labute approximate surface area is 153 Å². The molecule has 140 valence electrons. The maximum absolute atomic E-state index is 12.4. The Bertz CT molecular complexity index is 656. The molecule has 1 unspecified atom stereocenters. The van der Waals surface area contributed by atoms with Crippen LogP contribution in [0.25, 0.3) is 0 Å². The molecule has 0 aliphatic carbocycles. The van der Waals surface area contributed by atoms with Crippen molar-refractivity contribution >= 4 is 23.5 Å². The van der Waals surface area contributed by atoms with Crippen molar-refractivity contribution < 1.29 is 19.5 Å². The van der Waals surface area contributed by atoms with Crippen molar-refractivity contribution in [1.29, 1.82) is 0 Å². The number of anilines is 1. The normalized spacial score (nSPS) is 20.3. The zero-order chi connectivity index (χ0) is 18.5. The number of carboxylic acids is 1. The number of rotatable bonds is 5. The first-order valence-corrected chi connectivity index (χ1v) is 9.16. The molecule has 26 heavy (non-hydrogen) atoms. The standard InChI is InChI=1S/C19H25N3O4/c23-17(8-9-18(24)22-10-4-7-16(22)19(25)26)21-13-11-20(12-14-21)15-5-2-1-3-6-15/h1-3,5-6,16H,4,7-14H2,(H,25,26). The largest absolute Gasteiger partial charge is 0.480 e. The van der Waals surface area contributed by atoms with E-state index in [1.807, 2.05) is 18.2 Å². The SMILES string of the molecule is O=C(O)C1CCCN1C(=O)CCC(=O)N1CCN(c2ccccc2)CC1. The van der Waals surface area contributed by atoms with Gasteiger partial charge in [0.15, 0.2) is 0 Å². The molecule has 0 aromatic heterocycles. The molecule has 2 fully saturated rings. The van der Waals surface area contributed by atoms with E-state index in [1.165, 1.54) is 4.90 Å². The lowest BCUT2D eigenvalue weighted by Gasteiger charge is -2.36. The zero-order valence-electron chi connectivity index (χ0n) is 14.8. The molecule has 2 aliphatic heterocycles. The minimum absolute atomic E-state index is 0.0304. The number of benzene rings is 1. The maximum Gasteiger partial charge on any atom is 0.326 e. The van der Waals surface area contributed by atoms with Gasteiger partial charge < -0.3 is 19.8 Å². The van der Waals surface area contributed by atoms with E-state index in [9.17, 15) is 14.4 Å². The summed E-state index contributed by atoms with van der Waals surface area (Å²) in [5.41, 5.74) is 1.16. The minimum atomic E-state index is -0.959. The molecular formula is C19H25N3O4. The molecule has 0 spiro atoms. The number of para-hydroxylation sites is 1. The Morgan fingerprint density at radius 2 is 1.58 bits per heavy atom. The van der Waals surface area contributed by atoms with Gasteiger partial charge in [0.1, 0.15) is 6.04 Å². The Hall–Kier alpha value is -2.57. The van der Waals surface area contributed by atoms with Crippen LogP contribution in [0.2, 0.25) is 0 Å². The van der Waals surface area contributed by atoms with Crippen molar-refractivity contribution in [3.63, 3.8) is 0 Å². The van der Waals surface area contributed by atoms with E-state index in [1.54, 1.807) is 4.90 Å². The highest BCUT2D eigenvalue weighted by Gasteiger charge is 2.34. The Morgan fingerprint density at radius 1 is 0.923 bits per heavy atom. The average molecular weight is 359 g/mol. The molecule has 1 N–H and O–H groups in total. The Balaban J connectivity index is 1.44. The number of hydrogen-bond acceptors (Lipinski definition) is 4. The van der Waals surface area contributed by atoms with Crippen LogP contribution >= 0.6 is 0 Å². The van der Waals surface area contributed by atoms with E-state index in [4.69, 9.17) is 5.11 Å². The van der Waals surface area contributed by atoms with E-state index < -0.39 is 12.0 Å². The predicted octanol–water partition coefficient (Wildman–Crippen LogP) is 1.19. The van der Waals surface area contributed by atoms with Crippen molar-refractivity contribution in [2.24, 2.45) is 0 Å². The molecule has 2 saturated heterocycles. The van der Waals surface area contributed by atoms with Crippen LogP contribution in [0.1, 0.15) is 25.7 Å². The van der Waals surface area contributed by atoms with Crippen molar-refractivity contribution in [3.8, 4) is 0 Å². The van der Waals surface area contributed by atoms with Crippen LogP contribution in [0.15, 0.2) is 30.3 Å². The lowest BCUT2D eigenvalue weighted by atomic mass is 10.2. The van der Waals surface area contributed by atoms with Gasteiger partial charge in [0.2, 0.25) is 11.8 Å². The molecule has 1 aromatic rings.